The number of nitrogens with zero attached hydrogens (tertiary/aromatic N) is 2. The van der Waals surface area contributed by atoms with Gasteiger partial charge in [-0.05, 0) is 18.1 Å². The Morgan fingerprint density at radius 1 is 1.18 bits per heavy atom. The second-order valence-corrected chi connectivity index (χ2v) is 4.72. The Hall–Kier alpha value is -2.42. The highest BCUT2D eigenvalue weighted by Gasteiger charge is 2.17. The van der Waals surface area contributed by atoms with E-state index in [9.17, 15) is 4.79 Å². The fourth-order valence-electron chi connectivity index (χ4n) is 2.13. The van der Waals surface area contributed by atoms with Crippen LogP contribution in [0.3, 0.4) is 0 Å². The lowest BCUT2D eigenvalue weighted by Gasteiger charge is -2.17. The highest BCUT2D eigenvalue weighted by atomic mass is 16.5. The third kappa shape index (κ3) is 4.29. The molecular formula is C16H22N2O4. The number of nitriles is 1. The van der Waals surface area contributed by atoms with Gasteiger partial charge in [0.05, 0.1) is 33.8 Å². The fraction of sp³-hybridized carbons (Fsp3) is 0.500. The van der Waals surface area contributed by atoms with Crippen molar-refractivity contribution in [1.29, 1.82) is 5.26 Å². The average molecular weight is 306 g/mol. The van der Waals surface area contributed by atoms with Gasteiger partial charge in [-0.3, -0.25) is 4.79 Å². The van der Waals surface area contributed by atoms with Gasteiger partial charge in [0.2, 0.25) is 11.7 Å². The predicted octanol–water partition coefficient (Wildman–Crippen LogP) is 2.02. The van der Waals surface area contributed by atoms with Crippen LogP contribution < -0.4 is 14.2 Å². The van der Waals surface area contributed by atoms with Crippen molar-refractivity contribution in [3.8, 4) is 23.3 Å². The summed E-state index contributed by atoms with van der Waals surface area (Å²) in [5.41, 5.74) is 0.877. The van der Waals surface area contributed by atoms with Gasteiger partial charge < -0.3 is 19.1 Å². The molecule has 0 aliphatic heterocycles. The van der Waals surface area contributed by atoms with Gasteiger partial charge in [0, 0.05) is 20.0 Å². The number of ether oxygens (including phenoxy) is 3. The molecule has 0 atom stereocenters. The van der Waals surface area contributed by atoms with Crippen LogP contribution in [0.15, 0.2) is 12.1 Å². The minimum atomic E-state index is -0.00733. The van der Waals surface area contributed by atoms with Gasteiger partial charge in [-0.15, -0.1) is 0 Å². The van der Waals surface area contributed by atoms with Crippen molar-refractivity contribution < 1.29 is 19.0 Å². The maximum Gasteiger partial charge on any atom is 0.222 e. The first-order valence-electron chi connectivity index (χ1n) is 6.97. The summed E-state index contributed by atoms with van der Waals surface area (Å²) in [4.78, 5) is 13.6. The summed E-state index contributed by atoms with van der Waals surface area (Å²) in [6.07, 6.45) is 1.20. The van der Waals surface area contributed by atoms with Crippen LogP contribution in [0.5, 0.6) is 17.2 Å². The molecule has 120 valence electrons. The Kier molecular flexibility index (Phi) is 7.03. The molecule has 0 unspecified atom stereocenters. The van der Waals surface area contributed by atoms with E-state index >= 15 is 0 Å². The molecule has 0 fully saturated rings. The number of rotatable bonds is 8. The molecule has 6 heteroatoms. The molecule has 0 aliphatic rings. The van der Waals surface area contributed by atoms with Gasteiger partial charge in [-0.1, -0.05) is 6.07 Å². The maximum absolute atomic E-state index is 12.0. The van der Waals surface area contributed by atoms with Gasteiger partial charge >= 0.3 is 0 Å². The first kappa shape index (κ1) is 17.6. The lowest BCUT2D eigenvalue weighted by atomic mass is 10.1. The monoisotopic (exact) mass is 306 g/mol. The summed E-state index contributed by atoms with van der Waals surface area (Å²) in [5.74, 6) is 1.68. The van der Waals surface area contributed by atoms with Gasteiger partial charge in [0.1, 0.15) is 0 Å². The zero-order valence-electron chi connectivity index (χ0n) is 13.5. The van der Waals surface area contributed by atoms with E-state index in [4.69, 9.17) is 19.5 Å². The van der Waals surface area contributed by atoms with E-state index in [-0.39, 0.29) is 5.91 Å². The summed E-state index contributed by atoms with van der Waals surface area (Å²) in [6.45, 7) is 0.443. The summed E-state index contributed by atoms with van der Waals surface area (Å²) in [5, 5.41) is 8.55. The third-order valence-corrected chi connectivity index (χ3v) is 3.38. The van der Waals surface area contributed by atoms with Crippen LogP contribution in [0, 0.1) is 11.3 Å². The topological polar surface area (TPSA) is 71.8 Å². The SMILES string of the molecule is COc1ccc(CCC(=O)N(C)CCC#N)c(OC)c1OC. The molecular weight excluding hydrogens is 284 g/mol. The number of hydrogen-bond acceptors (Lipinski definition) is 5. The lowest BCUT2D eigenvalue weighted by Crippen LogP contribution is -2.27. The van der Waals surface area contributed by atoms with Gasteiger partial charge in [-0.25, -0.2) is 0 Å². The zero-order chi connectivity index (χ0) is 16.5. The summed E-state index contributed by atoms with van der Waals surface area (Å²) >= 11 is 0. The molecule has 0 aromatic heterocycles. The molecule has 0 saturated heterocycles. The van der Waals surface area contributed by atoms with Gasteiger partial charge in [-0.2, -0.15) is 5.26 Å². The van der Waals surface area contributed by atoms with Gasteiger partial charge in [0.25, 0.3) is 0 Å². The standard InChI is InChI=1S/C16H22N2O4/c1-18(11-5-10-17)14(19)9-7-12-6-8-13(20-2)16(22-4)15(12)21-3/h6,8H,5,7,9,11H2,1-4H3. The Morgan fingerprint density at radius 2 is 1.86 bits per heavy atom. The molecule has 1 aromatic rings. The summed E-state index contributed by atoms with van der Waals surface area (Å²) in [7, 11) is 6.36. The molecule has 1 amide bonds. The summed E-state index contributed by atoms with van der Waals surface area (Å²) in [6, 6.07) is 5.68. The Balaban J connectivity index is 2.82. The Morgan fingerprint density at radius 3 is 2.41 bits per heavy atom. The lowest BCUT2D eigenvalue weighted by molar-refractivity contribution is -0.129. The minimum Gasteiger partial charge on any atom is -0.493 e. The van der Waals surface area contributed by atoms with Crippen LogP contribution in [-0.2, 0) is 11.2 Å². The highest BCUT2D eigenvalue weighted by Crippen LogP contribution is 2.40. The van der Waals surface area contributed by atoms with Crippen LogP contribution in [-0.4, -0.2) is 45.7 Å². The predicted molar refractivity (Wildman–Crippen MR) is 82.3 cm³/mol. The summed E-state index contributed by atoms with van der Waals surface area (Å²) < 4.78 is 16.0. The second kappa shape index (κ2) is 8.78. The van der Waals surface area contributed by atoms with Crippen LogP contribution >= 0.6 is 0 Å². The molecule has 0 saturated carbocycles. The van der Waals surface area contributed by atoms with Crippen molar-refractivity contribution >= 4 is 5.91 Å². The van der Waals surface area contributed by atoms with E-state index in [1.165, 1.54) is 0 Å². The van der Waals surface area contributed by atoms with E-state index < -0.39 is 0 Å². The number of carbonyl (C=O) groups is 1. The molecule has 0 radical (unpaired) electrons. The first-order chi connectivity index (χ1) is 10.6. The van der Waals surface area contributed by atoms with Crippen molar-refractivity contribution in [3.05, 3.63) is 17.7 Å². The second-order valence-electron chi connectivity index (χ2n) is 4.72. The molecule has 1 aromatic carbocycles. The van der Waals surface area contributed by atoms with E-state index in [1.54, 1.807) is 39.3 Å². The smallest absolute Gasteiger partial charge is 0.222 e. The van der Waals surface area contributed by atoms with Crippen LogP contribution in [0.4, 0.5) is 0 Å². The van der Waals surface area contributed by atoms with Crippen molar-refractivity contribution in [2.75, 3.05) is 34.9 Å². The zero-order valence-corrected chi connectivity index (χ0v) is 13.5. The third-order valence-electron chi connectivity index (χ3n) is 3.38. The van der Waals surface area contributed by atoms with Crippen LogP contribution in [0.25, 0.3) is 0 Å². The number of hydrogen-bond donors (Lipinski definition) is 0. The van der Waals surface area contributed by atoms with Crippen molar-refractivity contribution in [2.45, 2.75) is 19.3 Å². The van der Waals surface area contributed by atoms with Crippen LogP contribution in [0.1, 0.15) is 18.4 Å². The molecule has 22 heavy (non-hydrogen) atoms. The van der Waals surface area contributed by atoms with E-state index in [2.05, 4.69) is 0 Å². The number of carbonyl (C=O) groups excluding carboxylic acids is 1. The Labute approximate surface area is 131 Å². The number of amides is 1. The van der Waals surface area contributed by atoms with Crippen molar-refractivity contribution in [3.63, 3.8) is 0 Å². The molecule has 1 rings (SSSR count). The highest BCUT2D eigenvalue weighted by molar-refractivity contribution is 5.76. The maximum atomic E-state index is 12.0. The van der Waals surface area contributed by atoms with E-state index in [0.717, 1.165) is 5.56 Å². The molecule has 0 spiro atoms. The molecule has 0 heterocycles. The minimum absolute atomic E-state index is 0.00733. The van der Waals surface area contributed by atoms with Gasteiger partial charge in [0.15, 0.2) is 11.5 Å². The van der Waals surface area contributed by atoms with E-state index in [0.29, 0.717) is 43.1 Å². The normalized spacial score (nSPS) is 9.77. The van der Waals surface area contributed by atoms with E-state index in [1.807, 2.05) is 12.1 Å². The largest absolute Gasteiger partial charge is 0.493 e. The molecule has 0 N–H and O–H groups in total. The molecule has 0 bridgehead atoms. The number of aryl methyl sites for hydroxylation is 1. The fourth-order valence-corrected chi connectivity index (χ4v) is 2.13. The Bertz CT molecular complexity index is 552. The van der Waals surface area contributed by atoms with Crippen molar-refractivity contribution in [1.82, 2.24) is 4.90 Å². The van der Waals surface area contributed by atoms with Crippen molar-refractivity contribution in [2.24, 2.45) is 0 Å². The molecule has 6 nitrogen and oxygen atoms in total. The molecule has 0 aliphatic carbocycles. The average Bonchev–Trinajstić information content (AvgIpc) is 2.55. The number of benzene rings is 1. The number of methoxy groups -OCH3 is 3. The quantitative estimate of drug-likeness (QED) is 0.734. The van der Waals surface area contributed by atoms with Crippen LogP contribution in [0.2, 0.25) is 0 Å². The first-order valence-corrected chi connectivity index (χ1v) is 6.97.